The van der Waals surface area contributed by atoms with Crippen LogP contribution in [0, 0.1) is 0 Å². The first-order valence-corrected chi connectivity index (χ1v) is 10.3. The van der Waals surface area contributed by atoms with E-state index in [1.807, 2.05) is 6.08 Å². The van der Waals surface area contributed by atoms with E-state index in [1.54, 1.807) is 6.07 Å². The number of unbranched alkanes of at least 4 members (excludes halogenated alkanes) is 5. The first-order valence-electron chi connectivity index (χ1n) is 10.3. The Balaban J connectivity index is 2.32. The molecule has 0 unspecified atom stereocenters. The summed E-state index contributed by atoms with van der Waals surface area (Å²) in [5, 5.41) is 38.7. The first-order chi connectivity index (χ1) is 13.7. The summed E-state index contributed by atoms with van der Waals surface area (Å²) in [6, 6.07) is 1.63. The molecular weight excluding hydrogens is 352 g/mol. The predicted octanol–water partition coefficient (Wildman–Crippen LogP) is 4.83. The van der Waals surface area contributed by atoms with E-state index in [9.17, 15) is 20.4 Å². The highest BCUT2D eigenvalue weighted by Crippen LogP contribution is 2.31. The van der Waals surface area contributed by atoms with Crippen LogP contribution in [0.4, 0.5) is 0 Å². The van der Waals surface area contributed by atoms with E-state index in [0.29, 0.717) is 23.1 Å². The number of phenols is 1. The molecule has 0 saturated carbocycles. The van der Waals surface area contributed by atoms with Gasteiger partial charge in [0.2, 0.25) is 0 Å². The van der Waals surface area contributed by atoms with E-state index in [0.717, 1.165) is 44.1 Å². The van der Waals surface area contributed by atoms with Crippen LogP contribution in [0.3, 0.4) is 0 Å². The Bertz CT molecular complexity index is 632. The van der Waals surface area contributed by atoms with Crippen molar-refractivity contribution in [2.24, 2.45) is 0 Å². The van der Waals surface area contributed by atoms with Crippen molar-refractivity contribution < 1.29 is 20.4 Å². The van der Waals surface area contributed by atoms with Gasteiger partial charge in [0.05, 0.1) is 19.8 Å². The van der Waals surface area contributed by atoms with Crippen LogP contribution in [0.2, 0.25) is 0 Å². The number of hydrogen-bond donors (Lipinski definition) is 4. The lowest BCUT2D eigenvalue weighted by Gasteiger charge is -2.17. The Morgan fingerprint density at radius 2 is 1.36 bits per heavy atom. The van der Waals surface area contributed by atoms with Crippen LogP contribution in [-0.4, -0.2) is 20.4 Å². The Morgan fingerprint density at radius 3 is 2.04 bits per heavy atom. The number of hydrogen-bond acceptors (Lipinski definition) is 4. The minimum absolute atomic E-state index is 0.0525. The molecule has 0 aliphatic heterocycles. The second-order valence-electron chi connectivity index (χ2n) is 6.98. The molecule has 0 fully saturated rings. The van der Waals surface area contributed by atoms with Gasteiger partial charge in [0, 0.05) is 11.1 Å². The van der Waals surface area contributed by atoms with Gasteiger partial charge in [0.1, 0.15) is 5.75 Å². The van der Waals surface area contributed by atoms with Gasteiger partial charge in [-0.25, -0.2) is 0 Å². The molecule has 0 atom stereocenters. The molecule has 1 aromatic rings. The lowest BCUT2D eigenvalue weighted by Crippen LogP contribution is -2.04. The number of aromatic hydroxyl groups is 1. The molecule has 0 spiro atoms. The molecular formula is C24H36O4. The number of allylic oxidation sites excluding steroid dienone is 5. The highest BCUT2D eigenvalue weighted by molar-refractivity contribution is 5.49. The SMILES string of the molecule is C=CC/C=C/C/C=C/CCCCCCCc1c(CO)cc(CO)c(O)c1CO. The van der Waals surface area contributed by atoms with Crippen LogP contribution in [0.1, 0.15) is 73.6 Å². The minimum Gasteiger partial charge on any atom is -0.507 e. The summed E-state index contributed by atoms with van der Waals surface area (Å²) < 4.78 is 0. The summed E-state index contributed by atoms with van der Waals surface area (Å²) in [6.45, 7) is 2.91. The molecule has 4 N–H and O–H groups in total. The van der Waals surface area contributed by atoms with Crippen molar-refractivity contribution in [1.29, 1.82) is 0 Å². The average Bonchev–Trinajstić information content (AvgIpc) is 2.71. The van der Waals surface area contributed by atoms with Gasteiger partial charge in [-0.05, 0) is 55.7 Å². The summed E-state index contributed by atoms with van der Waals surface area (Å²) in [7, 11) is 0. The van der Waals surface area contributed by atoms with Crippen molar-refractivity contribution in [3.8, 4) is 5.75 Å². The predicted molar refractivity (Wildman–Crippen MR) is 115 cm³/mol. The van der Waals surface area contributed by atoms with Gasteiger partial charge in [0.25, 0.3) is 0 Å². The van der Waals surface area contributed by atoms with Gasteiger partial charge < -0.3 is 20.4 Å². The Kier molecular flexibility index (Phi) is 13.0. The van der Waals surface area contributed by atoms with Gasteiger partial charge in [0.15, 0.2) is 0 Å². The summed E-state index contributed by atoms with van der Waals surface area (Å²) in [4.78, 5) is 0. The lowest BCUT2D eigenvalue weighted by molar-refractivity contribution is 0.257. The van der Waals surface area contributed by atoms with E-state index in [2.05, 4.69) is 30.9 Å². The van der Waals surface area contributed by atoms with E-state index in [1.165, 1.54) is 12.8 Å². The smallest absolute Gasteiger partial charge is 0.126 e. The maximum Gasteiger partial charge on any atom is 0.126 e. The number of benzene rings is 1. The summed E-state index contributed by atoms with van der Waals surface area (Å²) >= 11 is 0. The summed E-state index contributed by atoms with van der Waals surface area (Å²) in [6.07, 6.45) is 19.9. The molecule has 1 rings (SSSR count). The zero-order valence-electron chi connectivity index (χ0n) is 16.9. The number of aliphatic hydroxyl groups is 3. The zero-order valence-corrected chi connectivity index (χ0v) is 16.9. The monoisotopic (exact) mass is 388 g/mol. The Hall–Kier alpha value is -1.88. The molecule has 0 aromatic heterocycles. The van der Waals surface area contributed by atoms with Crippen LogP contribution < -0.4 is 0 Å². The molecule has 0 aliphatic carbocycles. The van der Waals surface area contributed by atoms with Crippen molar-refractivity contribution in [3.63, 3.8) is 0 Å². The molecule has 4 heteroatoms. The number of aliphatic hydroxyl groups excluding tert-OH is 3. The van der Waals surface area contributed by atoms with E-state index in [-0.39, 0.29) is 25.6 Å². The second-order valence-corrected chi connectivity index (χ2v) is 6.98. The molecule has 0 amide bonds. The maximum absolute atomic E-state index is 10.2. The molecule has 4 nitrogen and oxygen atoms in total. The van der Waals surface area contributed by atoms with Crippen molar-refractivity contribution in [2.75, 3.05) is 0 Å². The van der Waals surface area contributed by atoms with Crippen LogP contribution in [0.5, 0.6) is 5.75 Å². The van der Waals surface area contributed by atoms with Crippen LogP contribution in [0.25, 0.3) is 0 Å². The summed E-state index contributed by atoms with van der Waals surface area (Å²) in [5.41, 5.74) is 2.27. The van der Waals surface area contributed by atoms with Crippen molar-refractivity contribution in [3.05, 3.63) is 65.3 Å². The standard InChI is InChI=1S/C24H36O4/c1-2-3-4-5-6-7-8-9-10-11-12-13-14-15-22-20(17-25)16-21(18-26)24(28)23(22)19-27/h2,4-5,7-8,16,25-28H,1,3,6,9-15,17-19H2/b5-4+,8-7+. The molecule has 0 radical (unpaired) electrons. The van der Waals surface area contributed by atoms with E-state index < -0.39 is 0 Å². The fourth-order valence-electron chi connectivity index (χ4n) is 3.32. The lowest BCUT2D eigenvalue weighted by atomic mass is 9.92. The third-order valence-corrected chi connectivity index (χ3v) is 4.89. The van der Waals surface area contributed by atoms with Crippen LogP contribution >= 0.6 is 0 Å². The number of rotatable bonds is 15. The molecule has 0 aliphatic rings. The molecule has 156 valence electrons. The average molecular weight is 389 g/mol. The first kappa shape index (κ1) is 24.2. The second kappa shape index (κ2) is 15.1. The highest BCUT2D eigenvalue weighted by atomic mass is 16.3. The maximum atomic E-state index is 10.2. The quantitative estimate of drug-likeness (QED) is 0.256. The Labute approximate surface area is 169 Å². The highest BCUT2D eigenvalue weighted by Gasteiger charge is 2.16. The van der Waals surface area contributed by atoms with Crippen molar-refractivity contribution >= 4 is 0 Å². The fraction of sp³-hybridized carbons (Fsp3) is 0.500. The van der Waals surface area contributed by atoms with E-state index in [4.69, 9.17) is 0 Å². The molecule has 0 heterocycles. The zero-order chi connectivity index (χ0) is 20.6. The largest absolute Gasteiger partial charge is 0.507 e. The van der Waals surface area contributed by atoms with E-state index >= 15 is 0 Å². The molecule has 28 heavy (non-hydrogen) atoms. The molecule has 0 saturated heterocycles. The third kappa shape index (κ3) is 8.42. The van der Waals surface area contributed by atoms with Crippen molar-refractivity contribution in [2.45, 2.75) is 77.6 Å². The van der Waals surface area contributed by atoms with Gasteiger partial charge in [-0.1, -0.05) is 49.6 Å². The van der Waals surface area contributed by atoms with Gasteiger partial charge in [-0.2, -0.15) is 0 Å². The van der Waals surface area contributed by atoms with Gasteiger partial charge >= 0.3 is 0 Å². The normalized spacial score (nSPS) is 11.7. The molecule has 1 aromatic carbocycles. The third-order valence-electron chi connectivity index (χ3n) is 4.89. The molecule has 0 bridgehead atoms. The van der Waals surface area contributed by atoms with Crippen molar-refractivity contribution in [1.82, 2.24) is 0 Å². The minimum atomic E-state index is -0.314. The fourth-order valence-corrected chi connectivity index (χ4v) is 3.32. The topological polar surface area (TPSA) is 80.9 Å². The van der Waals surface area contributed by atoms with Gasteiger partial charge in [-0.3, -0.25) is 0 Å². The summed E-state index contributed by atoms with van der Waals surface area (Å²) in [5.74, 6) is -0.0525. The van der Waals surface area contributed by atoms with Gasteiger partial charge in [-0.15, -0.1) is 6.58 Å². The van der Waals surface area contributed by atoms with Crippen LogP contribution in [-0.2, 0) is 26.2 Å². The Morgan fingerprint density at radius 1 is 0.714 bits per heavy atom. The van der Waals surface area contributed by atoms with Crippen LogP contribution in [0.15, 0.2) is 43.0 Å².